The molecule has 3 nitrogen and oxygen atoms in total. The molecule has 1 aliphatic heterocycles. The van der Waals surface area contributed by atoms with Crippen LogP contribution in [0.15, 0.2) is 42.5 Å². The van der Waals surface area contributed by atoms with Gasteiger partial charge in [-0.05, 0) is 41.8 Å². The number of halogens is 2. The van der Waals surface area contributed by atoms with Crippen molar-refractivity contribution in [2.45, 2.75) is 11.8 Å². The molecule has 0 saturated carbocycles. The van der Waals surface area contributed by atoms with Gasteiger partial charge in [-0.1, -0.05) is 29.8 Å². The van der Waals surface area contributed by atoms with Gasteiger partial charge in [-0.2, -0.15) is 0 Å². The lowest BCUT2D eigenvalue weighted by Crippen LogP contribution is -2.25. The van der Waals surface area contributed by atoms with Gasteiger partial charge in [-0.15, -0.1) is 11.6 Å². The van der Waals surface area contributed by atoms with E-state index in [9.17, 15) is 4.79 Å². The summed E-state index contributed by atoms with van der Waals surface area (Å²) in [5, 5.41) is 3.28. The van der Waals surface area contributed by atoms with Gasteiger partial charge >= 0.3 is 0 Å². The summed E-state index contributed by atoms with van der Waals surface area (Å²) in [4.78, 5) is 11.4. The Bertz CT molecular complexity index is 688. The summed E-state index contributed by atoms with van der Waals surface area (Å²) in [5.41, 5.74) is 2.67. The third-order valence-electron chi connectivity index (χ3n) is 3.30. The molecule has 1 amide bonds. The van der Waals surface area contributed by atoms with E-state index in [-0.39, 0.29) is 17.9 Å². The fraction of sp³-hybridized carbons (Fsp3) is 0.188. The quantitative estimate of drug-likeness (QED) is 0.861. The second-order valence-corrected chi connectivity index (χ2v) is 5.86. The molecule has 1 N–H and O–H groups in total. The van der Waals surface area contributed by atoms with Crippen LogP contribution in [-0.2, 0) is 11.2 Å². The van der Waals surface area contributed by atoms with Gasteiger partial charge in [0.15, 0.2) is 6.61 Å². The Balaban J connectivity index is 1.80. The molecule has 1 aliphatic rings. The van der Waals surface area contributed by atoms with Crippen LogP contribution in [0.2, 0.25) is 5.02 Å². The van der Waals surface area contributed by atoms with Gasteiger partial charge in [0, 0.05) is 5.02 Å². The first kappa shape index (κ1) is 14.2. The van der Waals surface area contributed by atoms with Crippen molar-refractivity contribution < 1.29 is 9.53 Å². The standard InChI is InChI=1S/C16H13Cl2NO2/c17-12-3-1-2-10(6-12)7-13(18)11-4-5-15-14(8-11)19-16(20)9-21-15/h1-6,8,13H,7,9H2,(H,19,20). The van der Waals surface area contributed by atoms with Crippen LogP contribution in [-0.4, -0.2) is 12.5 Å². The lowest BCUT2D eigenvalue weighted by molar-refractivity contribution is -0.118. The van der Waals surface area contributed by atoms with E-state index in [1.807, 2.05) is 42.5 Å². The molecule has 1 atom stereocenters. The molecule has 0 aromatic heterocycles. The van der Waals surface area contributed by atoms with Gasteiger partial charge in [-0.3, -0.25) is 4.79 Å². The first-order chi connectivity index (χ1) is 10.1. The van der Waals surface area contributed by atoms with Crippen molar-refractivity contribution in [1.82, 2.24) is 0 Å². The van der Waals surface area contributed by atoms with Crippen LogP contribution in [0.1, 0.15) is 16.5 Å². The number of amides is 1. The fourth-order valence-electron chi connectivity index (χ4n) is 2.28. The van der Waals surface area contributed by atoms with Gasteiger partial charge in [0.05, 0.1) is 11.1 Å². The SMILES string of the molecule is O=C1COc2ccc(C(Cl)Cc3cccc(Cl)c3)cc2N1. The topological polar surface area (TPSA) is 38.3 Å². The van der Waals surface area contributed by atoms with E-state index < -0.39 is 0 Å². The predicted octanol–water partition coefficient (Wildman–Crippen LogP) is 4.19. The average molecular weight is 322 g/mol. The maximum atomic E-state index is 11.4. The van der Waals surface area contributed by atoms with E-state index in [1.54, 1.807) is 0 Å². The Labute approximate surface area is 132 Å². The Morgan fingerprint density at radius 1 is 1.24 bits per heavy atom. The number of fused-ring (bicyclic) bond motifs is 1. The number of alkyl halides is 1. The second kappa shape index (κ2) is 5.96. The Kier molecular flexibility index (Phi) is 4.04. The number of rotatable bonds is 3. The van der Waals surface area contributed by atoms with Crippen molar-refractivity contribution in [1.29, 1.82) is 0 Å². The third kappa shape index (κ3) is 3.31. The summed E-state index contributed by atoms with van der Waals surface area (Å²) in [6.45, 7) is 0.0547. The van der Waals surface area contributed by atoms with E-state index in [1.165, 1.54) is 0 Å². The Hall–Kier alpha value is -1.71. The van der Waals surface area contributed by atoms with Crippen LogP contribution < -0.4 is 10.1 Å². The van der Waals surface area contributed by atoms with Crippen LogP contribution in [0.3, 0.4) is 0 Å². The molecule has 1 unspecified atom stereocenters. The molecule has 21 heavy (non-hydrogen) atoms. The summed E-state index contributed by atoms with van der Waals surface area (Å²) in [6.07, 6.45) is 0.662. The van der Waals surface area contributed by atoms with Crippen molar-refractivity contribution in [2.75, 3.05) is 11.9 Å². The molecule has 0 bridgehead atoms. The van der Waals surface area contributed by atoms with E-state index in [2.05, 4.69) is 5.32 Å². The van der Waals surface area contributed by atoms with Gasteiger partial charge in [0.25, 0.3) is 5.91 Å². The molecule has 0 spiro atoms. The van der Waals surface area contributed by atoms with E-state index in [0.29, 0.717) is 22.9 Å². The van der Waals surface area contributed by atoms with Crippen LogP contribution in [0.25, 0.3) is 0 Å². The lowest BCUT2D eigenvalue weighted by Gasteiger charge is -2.19. The largest absolute Gasteiger partial charge is 0.482 e. The minimum Gasteiger partial charge on any atom is -0.482 e. The van der Waals surface area contributed by atoms with Crippen LogP contribution in [0.5, 0.6) is 5.75 Å². The van der Waals surface area contributed by atoms with Crippen molar-refractivity contribution >= 4 is 34.8 Å². The van der Waals surface area contributed by atoms with E-state index in [4.69, 9.17) is 27.9 Å². The summed E-state index contributed by atoms with van der Waals surface area (Å²) in [7, 11) is 0. The Morgan fingerprint density at radius 3 is 2.90 bits per heavy atom. The summed E-state index contributed by atoms with van der Waals surface area (Å²) < 4.78 is 5.33. The zero-order valence-electron chi connectivity index (χ0n) is 11.1. The highest BCUT2D eigenvalue weighted by molar-refractivity contribution is 6.30. The zero-order chi connectivity index (χ0) is 14.8. The number of nitrogens with one attached hydrogen (secondary N) is 1. The molecule has 1 heterocycles. The van der Waals surface area contributed by atoms with Crippen LogP contribution in [0.4, 0.5) is 5.69 Å². The highest BCUT2D eigenvalue weighted by Crippen LogP contribution is 2.34. The van der Waals surface area contributed by atoms with Gasteiger partial charge in [0.2, 0.25) is 0 Å². The minimum absolute atomic E-state index is 0.0547. The maximum Gasteiger partial charge on any atom is 0.262 e. The van der Waals surface area contributed by atoms with E-state index >= 15 is 0 Å². The van der Waals surface area contributed by atoms with Crippen molar-refractivity contribution in [3.05, 3.63) is 58.6 Å². The number of carbonyl (C=O) groups excluding carboxylic acids is 1. The Morgan fingerprint density at radius 2 is 2.10 bits per heavy atom. The highest BCUT2D eigenvalue weighted by atomic mass is 35.5. The minimum atomic E-state index is -0.201. The number of ether oxygens (including phenoxy) is 1. The number of carbonyl (C=O) groups is 1. The molecule has 0 saturated heterocycles. The molecule has 0 radical (unpaired) electrons. The molecule has 108 valence electrons. The van der Waals surface area contributed by atoms with Gasteiger partial charge in [0.1, 0.15) is 5.75 Å². The average Bonchev–Trinajstić information content (AvgIpc) is 2.46. The van der Waals surface area contributed by atoms with E-state index in [0.717, 1.165) is 11.1 Å². The van der Waals surface area contributed by atoms with Crippen molar-refractivity contribution in [3.8, 4) is 5.75 Å². The molecule has 5 heteroatoms. The molecule has 3 rings (SSSR count). The number of benzene rings is 2. The zero-order valence-corrected chi connectivity index (χ0v) is 12.6. The number of hydrogen-bond acceptors (Lipinski definition) is 2. The molecular weight excluding hydrogens is 309 g/mol. The first-order valence-corrected chi connectivity index (χ1v) is 7.38. The van der Waals surface area contributed by atoms with Crippen LogP contribution >= 0.6 is 23.2 Å². The summed E-state index contributed by atoms with van der Waals surface area (Å²) >= 11 is 12.5. The predicted molar refractivity (Wildman–Crippen MR) is 84.3 cm³/mol. The molecular formula is C16H13Cl2NO2. The summed E-state index contributed by atoms with van der Waals surface area (Å²) in [6, 6.07) is 13.2. The summed E-state index contributed by atoms with van der Waals surface area (Å²) in [5.74, 6) is 0.519. The first-order valence-electron chi connectivity index (χ1n) is 6.57. The normalized spacial score (nSPS) is 14.9. The molecule has 0 fully saturated rings. The molecule has 2 aromatic rings. The second-order valence-electron chi connectivity index (χ2n) is 4.89. The van der Waals surface area contributed by atoms with Gasteiger partial charge in [-0.25, -0.2) is 0 Å². The molecule has 2 aromatic carbocycles. The fourth-order valence-corrected chi connectivity index (χ4v) is 2.81. The number of anilines is 1. The van der Waals surface area contributed by atoms with Gasteiger partial charge < -0.3 is 10.1 Å². The van der Waals surface area contributed by atoms with Crippen molar-refractivity contribution in [2.24, 2.45) is 0 Å². The van der Waals surface area contributed by atoms with Crippen molar-refractivity contribution in [3.63, 3.8) is 0 Å². The third-order valence-corrected chi connectivity index (χ3v) is 3.94. The van der Waals surface area contributed by atoms with Crippen LogP contribution in [0, 0.1) is 0 Å². The highest BCUT2D eigenvalue weighted by Gasteiger charge is 2.18. The lowest BCUT2D eigenvalue weighted by atomic mass is 10.0. The molecule has 0 aliphatic carbocycles. The smallest absolute Gasteiger partial charge is 0.262 e. The maximum absolute atomic E-state index is 11.4. The monoisotopic (exact) mass is 321 g/mol. The number of hydrogen-bond donors (Lipinski definition) is 1.